The average Bonchev–Trinajstić information content (AvgIpc) is 2.72. The summed E-state index contributed by atoms with van der Waals surface area (Å²) in [4.78, 5) is 31.3. The minimum Gasteiger partial charge on any atom is -0.333 e. The molecule has 2 amide bonds. The fourth-order valence-electron chi connectivity index (χ4n) is 2.73. The second-order valence-corrected chi connectivity index (χ2v) is 6.61. The van der Waals surface area contributed by atoms with Crippen LogP contribution in [0, 0.1) is 0 Å². The second-order valence-electron chi connectivity index (χ2n) is 6.18. The van der Waals surface area contributed by atoms with Gasteiger partial charge in [0.25, 0.3) is 11.8 Å². The number of amides is 2. The number of hydrogen-bond acceptors (Lipinski definition) is 3. The number of hydrogen-bond donors (Lipinski definition) is 1. The quantitative estimate of drug-likeness (QED) is 0.663. The van der Waals surface area contributed by atoms with E-state index in [1.54, 1.807) is 47.4 Å². The second kappa shape index (κ2) is 9.15. The highest BCUT2D eigenvalue weighted by Gasteiger charge is 2.18. The van der Waals surface area contributed by atoms with Gasteiger partial charge < -0.3 is 10.2 Å². The van der Waals surface area contributed by atoms with E-state index in [1.807, 2.05) is 37.3 Å². The highest BCUT2D eigenvalue weighted by Crippen LogP contribution is 2.16. The number of nitrogens with zero attached hydrogens (tertiary/aromatic N) is 2. The summed E-state index contributed by atoms with van der Waals surface area (Å²) in [6.07, 6.45) is 0. The van der Waals surface area contributed by atoms with Crippen molar-refractivity contribution in [2.45, 2.75) is 13.5 Å². The van der Waals surface area contributed by atoms with E-state index in [1.165, 1.54) is 0 Å². The maximum atomic E-state index is 12.9. The van der Waals surface area contributed by atoms with E-state index in [2.05, 4.69) is 10.3 Å². The molecule has 0 unspecified atom stereocenters. The van der Waals surface area contributed by atoms with Crippen LogP contribution in [0.2, 0.25) is 5.02 Å². The van der Waals surface area contributed by atoms with Gasteiger partial charge in [-0.15, -0.1) is 0 Å². The maximum Gasteiger partial charge on any atom is 0.274 e. The molecule has 0 spiro atoms. The fraction of sp³-hybridized carbons (Fsp3) is 0.136. The lowest BCUT2D eigenvalue weighted by Gasteiger charge is -2.20. The molecule has 5 nitrogen and oxygen atoms in total. The van der Waals surface area contributed by atoms with Crippen molar-refractivity contribution in [2.75, 3.05) is 11.9 Å². The molecule has 6 heteroatoms. The van der Waals surface area contributed by atoms with Gasteiger partial charge in [0.15, 0.2) is 0 Å². The number of anilines is 1. The molecule has 3 rings (SSSR count). The zero-order chi connectivity index (χ0) is 19.9. The molecule has 28 heavy (non-hydrogen) atoms. The molecule has 1 N–H and O–H groups in total. The van der Waals surface area contributed by atoms with Gasteiger partial charge in [-0.25, -0.2) is 4.98 Å². The van der Waals surface area contributed by atoms with E-state index in [0.717, 1.165) is 5.56 Å². The molecule has 0 saturated carbocycles. The molecule has 1 heterocycles. The maximum absolute atomic E-state index is 12.9. The SMILES string of the molecule is CCN(Cc1ccccc1)C(=O)c1cccc(C(=O)Nc2cccc(Cl)c2)n1. The molecule has 1 aromatic heterocycles. The molecule has 142 valence electrons. The summed E-state index contributed by atoms with van der Waals surface area (Å²) in [6.45, 7) is 2.93. The first-order valence-corrected chi connectivity index (χ1v) is 9.32. The first-order valence-electron chi connectivity index (χ1n) is 8.94. The van der Waals surface area contributed by atoms with Crippen LogP contribution in [-0.2, 0) is 6.54 Å². The summed E-state index contributed by atoms with van der Waals surface area (Å²) in [6, 6.07) is 21.4. The van der Waals surface area contributed by atoms with Crippen molar-refractivity contribution in [1.29, 1.82) is 0 Å². The number of pyridine rings is 1. The highest BCUT2D eigenvalue weighted by atomic mass is 35.5. The summed E-state index contributed by atoms with van der Waals surface area (Å²) in [5.74, 6) is -0.619. The molecular formula is C22H20ClN3O2. The monoisotopic (exact) mass is 393 g/mol. The number of benzene rings is 2. The van der Waals surface area contributed by atoms with Gasteiger partial charge in [-0.2, -0.15) is 0 Å². The molecule has 3 aromatic rings. The van der Waals surface area contributed by atoms with E-state index in [4.69, 9.17) is 11.6 Å². The molecule has 0 fully saturated rings. The van der Waals surface area contributed by atoms with Crippen molar-refractivity contribution in [3.05, 3.63) is 94.8 Å². The van der Waals surface area contributed by atoms with E-state index < -0.39 is 5.91 Å². The predicted octanol–water partition coefficient (Wildman–Crippen LogP) is 4.65. The third kappa shape index (κ3) is 4.96. The van der Waals surface area contributed by atoms with Gasteiger partial charge in [0.05, 0.1) is 0 Å². The van der Waals surface area contributed by atoms with Crippen LogP contribution in [0.4, 0.5) is 5.69 Å². The van der Waals surface area contributed by atoms with Crippen molar-refractivity contribution >= 4 is 29.1 Å². The number of nitrogens with one attached hydrogen (secondary N) is 1. The van der Waals surface area contributed by atoms with Crippen LogP contribution in [0.5, 0.6) is 0 Å². The van der Waals surface area contributed by atoms with E-state index >= 15 is 0 Å². The van der Waals surface area contributed by atoms with Gasteiger partial charge in [-0.1, -0.05) is 54.1 Å². The summed E-state index contributed by atoms with van der Waals surface area (Å²) in [7, 11) is 0. The lowest BCUT2D eigenvalue weighted by molar-refractivity contribution is 0.0746. The third-order valence-electron chi connectivity index (χ3n) is 4.17. The van der Waals surface area contributed by atoms with E-state index in [9.17, 15) is 9.59 Å². The molecule has 0 bridgehead atoms. The molecule has 0 radical (unpaired) electrons. The molecular weight excluding hydrogens is 374 g/mol. The normalized spacial score (nSPS) is 10.4. The van der Waals surface area contributed by atoms with Crippen LogP contribution in [0.3, 0.4) is 0 Å². The van der Waals surface area contributed by atoms with Crippen LogP contribution in [-0.4, -0.2) is 28.2 Å². The van der Waals surface area contributed by atoms with Crippen LogP contribution in [0.1, 0.15) is 33.5 Å². The Balaban J connectivity index is 1.75. The number of carbonyl (C=O) groups is 2. The Kier molecular flexibility index (Phi) is 6.40. The van der Waals surface area contributed by atoms with Crippen LogP contribution in [0.15, 0.2) is 72.8 Å². The fourth-order valence-corrected chi connectivity index (χ4v) is 2.92. The summed E-state index contributed by atoms with van der Waals surface area (Å²) in [5.41, 5.74) is 2.00. The van der Waals surface area contributed by atoms with Crippen molar-refractivity contribution in [1.82, 2.24) is 9.88 Å². The molecule has 0 saturated heterocycles. The largest absolute Gasteiger partial charge is 0.333 e. The van der Waals surface area contributed by atoms with Gasteiger partial charge in [-0.05, 0) is 42.8 Å². The number of carbonyl (C=O) groups excluding carboxylic acids is 2. The summed E-state index contributed by atoms with van der Waals surface area (Å²) >= 11 is 5.94. The van der Waals surface area contributed by atoms with Crippen LogP contribution in [0.25, 0.3) is 0 Å². The molecule has 2 aromatic carbocycles. The Morgan fingerprint density at radius 1 is 0.964 bits per heavy atom. The van der Waals surface area contributed by atoms with Crippen molar-refractivity contribution in [3.8, 4) is 0 Å². The number of aromatic nitrogens is 1. The van der Waals surface area contributed by atoms with Gasteiger partial charge in [0, 0.05) is 23.8 Å². The van der Waals surface area contributed by atoms with Gasteiger partial charge in [0.2, 0.25) is 0 Å². The summed E-state index contributed by atoms with van der Waals surface area (Å²) in [5, 5.41) is 3.26. The van der Waals surface area contributed by atoms with Crippen molar-refractivity contribution in [2.24, 2.45) is 0 Å². The Labute approximate surface area is 169 Å². The lowest BCUT2D eigenvalue weighted by atomic mass is 10.2. The molecule has 0 atom stereocenters. The standard InChI is InChI=1S/C22H20ClN3O2/c1-2-26(15-16-8-4-3-5-9-16)22(28)20-13-7-12-19(25-20)21(27)24-18-11-6-10-17(23)14-18/h3-14H,2,15H2,1H3,(H,24,27). The topological polar surface area (TPSA) is 62.3 Å². The van der Waals surface area contributed by atoms with Crippen LogP contribution >= 0.6 is 11.6 Å². The Morgan fingerprint density at radius 2 is 1.68 bits per heavy atom. The Morgan fingerprint density at radius 3 is 2.39 bits per heavy atom. The smallest absolute Gasteiger partial charge is 0.274 e. The lowest BCUT2D eigenvalue weighted by Crippen LogP contribution is -2.31. The van der Waals surface area contributed by atoms with Gasteiger partial charge >= 0.3 is 0 Å². The van der Waals surface area contributed by atoms with Gasteiger partial charge in [-0.3, -0.25) is 9.59 Å². The van der Waals surface area contributed by atoms with Crippen molar-refractivity contribution < 1.29 is 9.59 Å². The minimum absolute atomic E-state index is 0.168. The first kappa shape index (κ1) is 19.6. The molecule has 0 aliphatic carbocycles. The Hall–Kier alpha value is -3.18. The highest BCUT2D eigenvalue weighted by molar-refractivity contribution is 6.30. The zero-order valence-electron chi connectivity index (χ0n) is 15.4. The predicted molar refractivity (Wildman–Crippen MR) is 110 cm³/mol. The summed E-state index contributed by atoms with van der Waals surface area (Å²) < 4.78 is 0. The minimum atomic E-state index is -0.400. The van der Waals surface area contributed by atoms with Crippen LogP contribution < -0.4 is 5.32 Å². The van der Waals surface area contributed by atoms with E-state index in [-0.39, 0.29) is 17.3 Å². The van der Waals surface area contributed by atoms with Gasteiger partial charge in [0.1, 0.15) is 11.4 Å². The van der Waals surface area contributed by atoms with Crippen molar-refractivity contribution in [3.63, 3.8) is 0 Å². The molecule has 0 aliphatic heterocycles. The zero-order valence-corrected chi connectivity index (χ0v) is 16.2. The molecule has 0 aliphatic rings. The number of halogens is 1. The average molecular weight is 394 g/mol. The first-order chi connectivity index (χ1) is 13.6. The number of rotatable bonds is 6. The van der Waals surface area contributed by atoms with E-state index in [0.29, 0.717) is 23.8 Å². The Bertz CT molecular complexity index is 976. The third-order valence-corrected chi connectivity index (χ3v) is 4.40.